The number of carbonyl (C=O) groups excluding carboxylic acids is 1. The van der Waals surface area contributed by atoms with Crippen LogP contribution < -0.4 is 5.32 Å². The highest BCUT2D eigenvalue weighted by Gasteiger charge is 2.36. The molecule has 3 rings (SSSR count). The first-order valence-electron chi connectivity index (χ1n) is 6.78. The standard InChI is InChI=1S/C14H20N2O3.ClH/c1-9-13(14(17)18-2)3-12(19-9)8-16-6-10-4-15-5-11(10)7-16;/h3,10-11,15H,4-8H2,1-2H3;1H/t10-,11+;. The number of methoxy groups -OCH3 is 1. The number of nitrogens with one attached hydrogen (secondary N) is 1. The molecule has 2 saturated heterocycles. The Morgan fingerprint density at radius 1 is 1.45 bits per heavy atom. The predicted molar refractivity (Wildman–Crippen MR) is 77.2 cm³/mol. The van der Waals surface area contributed by atoms with Gasteiger partial charge in [-0.1, -0.05) is 0 Å². The number of esters is 1. The molecule has 0 aliphatic carbocycles. The molecule has 2 atom stereocenters. The summed E-state index contributed by atoms with van der Waals surface area (Å²) in [6, 6.07) is 1.81. The lowest BCUT2D eigenvalue weighted by molar-refractivity contribution is 0.0599. The quantitative estimate of drug-likeness (QED) is 0.856. The fourth-order valence-electron chi connectivity index (χ4n) is 3.24. The zero-order valence-electron chi connectivity index (χ0n) is 11.8. The van der Waals surface area contributed by atoms with Gasteiger partial charge < -0.3 is 14.5 Å². The van der Waals surface area contributed by atoms with Gasteiger partial charge in [0.1, 0.15) is 17.1 Å². The molecule has 2 aliphatic rings. The van der Waals surface area contributed by atoms with Crippen molar-refractivity contribution in [3.05, 3.63) is 23.2 Å². The molecule has 0 radical (unpaired) electrons. The Kier molecular flexibility index (Phi) is 4.73. The normalized spacial score (nSPS) is 25.3. The van der Waals surface area contributed by atoms with E-state index in [1.807, 2.05) is 6.07 Å². The van der Waals surface area contributed by atoms with Crippen LogP contribution in [0.2, 0.25) is 0 Å². The van der Waals surface area contributed by atoms with Crippen molar-refractivity contribution >= 4 is 18.4 Å². The molecule has 6 heteroatoms. The minimum atomic E-state index is -0.324. The molecule has 5 nitrogen and oxygen atoms in total. The number of halogens is 1. The van der Waals surface area contributed by atoms with Crippen LogP contribution in [0.5, 0.6) is 0 Å². The summed E-state index contributed by atoms with van der Waals surface area (Å²) in [4.78, 5) is 14.0. The molecule has 0 spiro atoms. The molecular weight excluding hydrogens is 280 g/mol. The van der Waals surface area contributed by atoms with E-state index in [-0.39, 0.29) is 18.4 Å². The van der Waals surface area contributed by atoms with Crippen LogP contribution in [0.1, 0.15) is 21.9 Å². The van der Waals surface area contributed by atoms with Crippen molar-refractivity contribution in [3.8, 4) is 0 Å². The minimum absolute atomic E-state index is 0. The SMILES string of the molecule is COC(=O)c1cc(CN2C[C@H]3CNC[C@H]3C2)oc1C.Cl. The lowest BCUT2D eigenvalue weighted by atomic mass is 10.0. The van der Waals surface area contributed by atoms with Gasteiger partial charge in [-0.2, -0.15) is 0 Å². The molecule has 2 aliphatic heterocycles. The number of rotatable bonds is 3. The van der Waals surface area contributed by atoms with Gasteiger partial charge in [0, 0.05) is 13.1 Å². The number of likely N-dealkylation sites (tertiary alicyclic amines) is 1. The summed E-state index contributed by atoms with van der Waals surface area (Å²) in [5.41, 5.74) is 0.540. The highest BCUT2D eigenvalue weighted by Crippen LogP contribution is 2.28. The summed E-state index contributed by atoms with van der Waals surface area (Å²) in [5, 5.41) is 3.43. The van der Waals surface area contributed by atoms with E-state index in [1.165, 1.54) is 7.11 Å². The number of furan rings is 1. The van der Waals surface area contributed by atoms with Gasteiger partial charge in [0.25, 0.3) is 0 Å². The van der Waals surface area contributed by atoms with Gasteiger partial charge in [-0.05, 0) is 37.9 Å². The largest absolute Gasteiger partial charge is 0.465 e. The van der Waals surface area contributed by atoms with E-state index in [4.69, 9.17) is 9.15 Å². The smallest absolute Gasteiger partial charge is 0.341 e. The van der Waals surface area contributed by atoms with Gasteiger partial charge in [-0.25, -0.2) is 4.79 Å². The van der Waals surface area contributed by atoms with Crippen LogP contribution >= 0.6 is 12.4 Å². The zero-order valence-corrected chi connectivity index (χ0v) is 12.7. The summed E-state index contributed by atoms with van der Waals surface area (Å²) < 4.78 is 10.4. The summed E-state index contributed by atoms with van der Waals surface area (Å²) >= 11 is 0. The van der Waals surface area contributed by atoms with Gasteiger partial charge in [0.05, 0.1) is 13.7 Å². The molecule has 0 aromatic carbocycles. The first-order chi connectivity index (χ1) is 9.17. The lowest BCUT2D eigenvalue weighted by Crippen LogP contribution is -2.25. The Labute approximate surface area is 125 Å². The number of carbonyl (C=O) groups is 1. The Morgan fingerprint density at radius 2 is 2.10 bits per heavy atom. The van der Waals surface area contributed by atoms with Crippen LogP contribution in [0, 0.1) is 18.8 Å². The van der Waals surface area contributed by atoms with Crippen molar-refractivity contribution in [1.29, 1.82) is 0 Å². The second-order valence-electron chi connectivity index (χ2n) is 5.55. The maximum atomic E-state index is 11.5. The Hall–Kier alpha value is -1.04. The van der Waals surface area contributed by atoms with Crippen LogP contribution in [0.4, 0.5) is 0 Å². The van der Waals surface area contributed by atoms with Crippen molar-refractivity contribution < 1.29 is 13.9 Å². The van der Waals surface area contributed by atoms with Crippen LogP contribution in [-0.2, 0) is 11.3 Å². The number of hydrogen-bond donors (Lipinski definition) is 1. The second-order valence-corrected chi connectivity index (χ2v) is 5.55. The summed E-state index contributed by atoms with van der Waals surface area (Å²) in [6.45, 7) is 7.08. The molecule has 1 aromatic heterocycles. The van der Waals surface area contributed by atoms with Gasteiger partial charge in [-0.3, -0.25) is 4.90 Å². The summed E-state index contributed by atoms with van der Waals surface area (Å²) in [6.07, 6.45) is 0. The Morgan fingerprint density at radius 3 is 2.70 bits per heavy atom. The Bertz CT molecular complexity index is 477. The van der Waals surface area contributed by atoms with Gasteiger partial charge in [0.15, 0.2) is 0 Å². The number of aryl methyl sites for hydroxylation is 1. The average molecular weight is 301 g/mol. The lowest BCUT2D eigenvalue weighted by Gasteiger charge is -2.14. The van der Waals surface area contributed by atoms with Gasteiger partial charge in [0.2, 0.25) is 0 Å². The highest BCUT2D eigenvalue weighted by atomic mass is 35.5. The van der Waals surface area contributed by atoms with Crippen molar-refractivity contribution in [1.82, 2.24) is 10.2 Å². The van der Waals surface area contributed by atoms with E-state index in [0.717, 1.165) is 50.3 Å². The molecule has 0 unspecified atom stereocenters. The third-order valence-electron chi connectivity index (χ3n) is 4.22. The number of ether oxygens (including phenoxy) is 1. The Balaban J connectivity index is 0.00000147. The molecule has 3 heterocycles. The molecular formula is C14H21ClN2O3. The van der Waals surface area contributed by atoms with Gasteiger partial charge >= 0.3 is 5.97 Å². The van der Waals surface area contributed by atoms with E-state index in [9.17, 15) is 4.79 Å². The maximum Gasteiger partial charge on any atom is 0.341 e. The van der Waals surface area contributed by atoms with Crippen LogP contribution in [0.25, 0.3) is 0 Å². The van der Waals surface area contributed by atoms with Crippen LogP contribution in [0.15, 0.2) is 10.5 Å². The molecule has 0 bridgehead atoms. The van der Waals surface area contributed by atoms with E-state index >= 15 is 0 Å². The van der Waals surface area contributed by atoms with Crippen molar-refractivity contribution in [2.75, 3.05) is 33.3 Å². The van der Waals surface area contributed by atoms with Gasteiger partial charge in [-0.15, -0.1) is 12.4 Å². The number of nitrogens with zero attached hydrogens (tertiary/aromatic N) is 1. The molecule has 20 heavy (non-hydrogen) atoms. The number of fused-ring (bicyclic) bond motifs is 1. The minimum Gasteiger partial charge on any atom is -0.465 e. The van der Waals surface area contributed by atoms with E-state index in [0.29, 0.717) is 11.3 Å². The molecule has 0 amide bonds. The second kappa shape index (κ2) is 6.16. The average Bonchev–Trinajstić information content (AvgIpc) is 3.03. The molecule has 112 valence electrons. The third kappa shape index (κ3) is 2.85. The molecule has 2 fully saturated rings. The first kappa shape index (κ1) is 15.4. The van der Waals surface area contributed by atoms with Crippen LogP contribution in [-0.4, -0.2) is 44.2 Å². The fourth-order valence-corrected chi connectivity index (χ4v) is 3.24. The van der Waals surface area contributed by atoms with E-state index < -0.39 is 0 Å². The fraction of sp³-hybridized carbons (Fsp3) is 0.643. The van der Waals surface area contributed by atoms with Crippen LogP contribution in [0.3, 0.4) is 0 Å². The number of hydrogen-bond acceptors (Lipinski definition) is 5. The first-order valence-corrected chi connectivity index (χ1v) is 6.78. The van der Waals surface area contributed by atoms with E-state index in [1.54, 1.807) is 6.92 Å². The molecule has 1 aromatic rings. The molecule has 1 N–H and O–H groups in total. The zero-order chi connectivity index (χ0) is 13.4. The maximum absolute atomic E-state index is 11.5. The van der Waals surface area contributed by atoms with Crippen molar-refractivity contribution in [3.63, 3.8) is 0 Å². The highest BCUT2D eigenvalue weighted by molar-refractivity contribution is 5.90. The summed E-state index contributed by atoms with van der Waals surface area (Å²) in [7, 11) is 1.39. The topological polar surface area (TPSA) is 54.7 Å². The molecule has 0 saturated carbocycles. The predicted octanol–water partition coefficient (Wildman–Crippen LogP) is 1.45. The van der Waals surface area contributed by atoms with Crippen molar-refractivity contribution in [2.24, 2.45) is 11.8 Å². The third-order valence-corrected chi connectivity index (χ3v) is 4.22. The summed E-state index contributed by atoms with van der Waals surface area (Å²) in [5.74, 6) is 2.72. The van der Waals surface area contributed by atoms with Crippen molar-refractivity contribution in [2.45, 2.75) is 13.5 Å². The monoisotopic (exact) mass is 300 g/mol. The van der Waals surface area contributed by atoms with E-state index in [2.05, 4.69) is 10.2 Å².